The molecule has 4 aromatic rings. The topological polar surface area (TPSA) is 77.1 Å². The predicted octanol–water partition coefficient (Wildman–Crippen LogP) is 5.06. The van der Waals surface area contributed by atoms with E-state index in [9.17, 15) is 14.0 Å². The highest BCUT2D eigenvalue weighted by Gasteiger charge is 2.18. The number of thioether (sulfide) groups is 1. The first-order valence-corrected chi connectivity index (χ1v) is 11.0. The third-order valence-corrected chi connectivity index (χ3v) is 5.79. The molecule has 1 N–H and O–H groups in total. The molecule has 6 nitrogen and oxygen atoms in total. The highest BCUT2D eigenvalue weighted by Crippen LogP contribution is 2.27. The number of carbonyl (C=O) groups excluding carboxylic acids is 1. The average molecular weight is 440 g/mol. The molecule has 2 aromatic heterocycles. The van der Waals surface area contributed by atoms with Gasteiger partial charge in [-0.25, -0.2) is 9.37 Å². The lowest BCUT2D eigenvalue weighted by Gasteiger charge is -2.13. The van der Waals surface area contributed by atoms with Gasteiger partial charge in [-0.15, -0.1) is 0 Å². The van der Waals surface area contributed by atoms with E-state index in [0.717, 1.165) is 11.8 Å². The molecule has 31 heavy (non-hydrogen) atoms. The maximum atomic E-state index is 13.3. The molecule has 0 fully saturated rings. The van der Waals surface area contributed by atoms with Gasteiger partial charge in [0.05, 0.1) is 5.75 Å². The summed E-state index contributed by atoms with van der Waals surface area (Å²) in [4.78, 5) is 30.3. The third kappa shape index (κ3) is 4.64. The maximum absolute atomic E-state index is 13.3. The Balaban J connectivity index is 1.65. The number of amides is 1. The van der Waals surface area contributed by atoms with Gasteiger partial charge in [0.2, 0.25) is 11.5 Å². The lowest BCUT2D eigenvalue weighted by Crippen LogP contribution is -2.24. The normalized spacial score (nSPS) is 11.5. The molecule has 2 heterocycles. The minimum atomic E-state index is -0.424. The number of rotatable bonds is 7. The lowest BCUT2D eigenvalue weighted by molar-refractivity contribution is -0.113. The molecule has 0 atom stereocenters. The van der Waals surface area contributed by atoms with Crippen LogP contribution < -0.4 is 10.9 Å². The van der Waals surface area contributed by atoms with Crippen LogP contribution in [0.15, 0.2) is 62.9 Å². The van der Waals surface area contributed by atoms with Crippen LogP contribution in [-0.2, 0) is 11.3 Å². The van der Waals surface area contributed by atoms with E-state index in [2.05, 4.69) is 24.1 Å². The number of nitrogens with one attached hydrogen (secondary N) is 1. The number of aromatic nitrogens is 2. The summed E-state index contributed by atoms with van der Waals surface area (Å²) in [5, 5.41) is 3.88. The quantitative estimate of drug-likeness (QED) is 0.322. The van der Waals surface area contributed by atoms with Crippen molar-refractivity contribution in [2.24, 2.45) is 5.92 Å². The van der Waals surface area contributed by atoms with Crippen molar-refractivity contribution in [3.8, 4) is 0 Å². The number of benzene rings is 2. The summed E-state index contributed by atoms with van der Waals surface area (Å²) >= 11 is 1.18. The zero-order chi connectivity index (χ0) is 22.0. The van der Waals surface area contributed by atoms with E-state index < -0.39 is 5.82 Å². The number of hydrogen-bond acceptors (Lipinski definition) is 5. The number of anilines is 1. The minimum absolute atomic E-state index is 0.0337. The van der Waals surface area contributed by atoms with E-state index in [1.54, 1.807) is 16.7 Å². The first kappa shape index (κ1) is 21.1. The SMILES string of the molecule is CC(C)CCn1c(SCC(=O)Nc2cccc(F)c2)nc2c(oc3ccccc32)c1=O. The fraction of sp³-hybridized carbons (Fsp3) is 0.261. The predicted molar refractivity (Wildman–Crippen MR) is 121 cm³/mol. The van der Waals surface area contributed by atoms with Crippen LogP contribution in [-0.4, -0.2) is 21.2 Å². The average Bonchev–Trinajstić information content (AvgIpc) is 3.10. The molecule has 0 aliphatic rings. The summed E-state index contributed by atoms with van der Waals surface area (Å²) in [6, 6.07) is 13.1. The van der Waals surface area contributed by atoms with Crippen molar-refractivity contribution in [3.63, 3.8) is 0 Å². The number of fused-ring (bicyclic) bond motifs is 3. The Kier molecular flexibility index (Phi) is 6.08. The van der Waals surface area contributed by atoms with E-state index >= 15 is 0 Å². The first-order valence-electron chi connectivity index (χ1n) is 10.0. The second-order valence-corrected chi connectivity index (χ2v) is 8.60. The van der Waals surface area contributed by atoms with E-state index in [4.69, 9.17) is 4.42 Å². The van der Waals surface area contributed by atoms with Gasteiger partial charge in [-0.1, -0.05) is 43.8 Å². The van der Waals surface area contributed by atoms with E-state index in [-0.39, 0.29) is 22.8 Å². The van der Waals surface area contributed by atoms with E-state index in [1.807, 2.05) is 18.2 Å². The molecule has 1 amide bonds. The summed E-state index contributed by atoms with van der Waals surface area (Å²) in [6.45, 7) is 4.64. The second-order valence-electron chi connectivity index (χ2n) is 7.66. The number of nitrogens with zero attached hydrogens (tertiary/aromatic N) is 2. The van der Waals surface area contributed by atoms with Crippen molar-refractivity contribution >= 4 is 45.4 Å². The zero-order valence-electron chi connectivity index (χ0n) is 17.2. The van der Waals surface area contributed by atoms with Gasteiger partial charge in [0.25, 0.3) is 5.56 Å². The van der Waals surface area contributed by atoms with Crippen molar-refractivity contribution in [2.45, 2.75) is 32.0 Å². The van der Waals surface area contributed by atoms with Crippen LogP contribution in [0.2, 0.25) is 0 Å². The van der Waals surface area contributed by atoms with E-state index in [1.165, 1.54) is 30.0 Å². The van der Waals surface area contributed by atoms with Crippen molar-refractivity contribution in [2.75, 3.05) is 11.1 Å². The molecule has 0 saturated carbocycles. The van der Waals surface area contributed by atoms with Gasteiger partial charge in [0, 0.05) is 17.6 Å². The van der Waals surface area contributed by atoms with Crippen molar-refractivity contribution in [3.05, 3.63) is 64.7 Å². The van der Waals surface area contributed by atoms with Crippen LogP contribution in [0.3, 0.4) is 0 Å². The van der Waals surface area contributed by atoms with Gasteiger partial charge in [-0.2, -0.15) is 0 Å². The van der Waals surface area contributed by atoms with Crippen LogP contribution >= 0.6 is 11.8 Å². The van der Waals surface area contributed by atoms with Crippen molar-refractivity contribution < 1.29 is 13.6 Å². The third-order valence-electron chi connectivity index (χ3n) is 4.82. The van der Waals surface area contributed by atoms with Gasteiger partial charge in [-0.05, 0) is 42.7 Å². The molecule has 0 spiro atoms. The monoisotopic (exact) mass is 439 g/mol. The van der Waals surface area contributed by atoms with Crippen LogP contribution in [0.25, 0.3) is 22.1 Å². The van der Waals surface area contributed by atoms with Gasteiger partial charge < -0.3 is 9.73 Å². The fourth-order valence-corrected chi connectivity index (χ4v) is 4.06. The van der Waals surface area contributed by atoms with E-state index in [0.29, 0.717) is 34.4 Å². The summed E-state index contributed by atoms with van der Waals surface area (Å²) in [6.07, 6.45) is 0.788. The molecular formula is C23H22FN3O3S. The highest BCUT2D eigenvalue weighted by molar-refractivity contribution is 7.99. The molecule has 0 saturated heterocycles. The minimum Gasteiger partial charge on any atom is -0.448 e. The van der Waals surface area contributed by atoms with Gasteiger partial charge in [0.1, 0.15) is 16.9 Å². The number of hydrogen-bond donors (Lipinski definition) is 1. The molecule has 8 heteroatoms. The molecule has 0 unspecified atom stereocenters. The zero-order valence-corrected chi connectivity index (χ0v) is 18.0. The smallest absolute Gasteiger partial charge is 0.297 e. The standard InChI is InChI=1S/C23H22FN3O3S/c1-14(2)10-11-27-22(29)21-20(17-8-3-4-9-18(17)30-21)26-23(27)31-13-19(28)25-16-7-5-6-15(24)12-16/h3-9,12,14H,10-11,13H2,1-2H3,(H,25,28). The Morgan fingerprint density at radius 3 is 2.81 bits per heavy atom. The number of furan rings is 1. The summed E-state index contributed by atoms with van der Waals surface area (Å²) in [5.74, 6) is -0.303. The van der Waals surface area contributed by atoms with Crippen LogP contribution in [0, 0.1) is 11.7 Å². The Bertz CT molecular complexity index is 1310. The summed E-state index contributed by atoms with van der Waals surface area (Å²) < 4.78 is 20.7. The highest BCUT2D eigenvalue weighted by atomic mass is 32.2. The Labute approximate surface area is 182 Å². The molecular weight excluding hydrogens is 417 g/mol. The van der Waals surface area contributed by atoms with Crippen molar-refractivity contribution in [1.29, 1.82) is 0 Å². The van der Waals surface area contributed by atoms with Gasteiger partial charge >= 0.3 is 0 Å². The van der Waals surface area contributed by atoms with Gasteiger partial charge in [0.15, 0.2) is 5.16 Å². The lowest BCUT2D eigenvalue weighted by atomic mass is 10.1. The number of para-hydroxylation sites is 1. The molecule has 0 bridgehead atoms. The van der Waals surface area contributed by atoms with Crippen LogP contribution in [0.1, 0.15) is 20.3 Å². The first-order chi connectivity index (χ1) is 14.9. The number of halogens is 1. The molecule has 4 rings (SSSR count). The van der Waals surface area contributed by atoms with Gasteiger partial charge in [-0.3, -0.25) is 14.2 Å². The number of carbonyl (C=O) groups is 1. The van der Waals surface area contributed by atoms with Crippen LogP contribution in [0.4, 0.5) is 10.1 Å². The molecule has 0 radical (unpaired) electrons. The molecule has 2 aromatic carbocycles. The second kappa shape index (κ2) is 8.93. The largest absolute Gasteiger partial charge is 0.448 e. The van der Waals surface area contributed by atoms with Crippen LogP contribution in [0.5, 0.6) is 0 Å². The molecule has 0 aliphatic heterocycles. The molecule has 160 valence electrons. The summed E-state index contributed by atoms with van der Waals surface area (Å²) in [5.41, 5.74) is 1.44. The Hall–Kier alpha value is -3.13. The maximum Gasteiger partial charge on any atom is 0.297 e. The van der Waals surface area contributed by atoms with Crippen molar-refractivity contribution in [1.82, 2.24) is 9.55 Å². The Morgan fingerprint density at radius 1 is 1.23 bits per heavy atom. The Morgan fingerprint density at radius 2 is 2.03 bits per heavy atom. The molecule has 0 aliphatic carbocycles. The summed E-state index contributed by atoms with van der Waals surface area (Å²) in [7, 11) is 0. The fourth-order valence-electron chi connectivity index (χ4n) is 3.24.